The molecule has 0 aromatic heterocycles. The van der Waals surface area contributed by atoms with Gasteiger partial charge in [-0.3, -0.25) is 0 Å². The molecule has 2 heteroatoms. The van der Waals surface area contributed by atoms with Gasteiger partial charge in [0, 0.05) is 0 Å². The predicted octanol–water partition coefficient (Wildman–Crippen LogP) is 8.23. The molecule has 146 valence electrons. The third-order valence-corrected chi connectivity index (χ3v) is 38.9. The molecular formula is C24H38AsI. The molecule has 0 N–H and O–H groups in total. The second-order valence-corrected chi connectivity index (χ2v) is 31.4. The molecule has 3 aliphatic carbocycles. The molecule has 0 atom stereocenters. The third-order valence-electron chi connectivity index (χ3n) is 8.25. The van der Waals surface area contributed by atoms with Crippen molar-refractivity contribution in [1.82, 2.24) is 0 Å². The summed E-state index contributed by atoms with van der Waals surface area (Å²) < 4.78 is 5.08. The first-order valence-corrected chi connectivity index (χ1v) is 21.4. The monoisotopic (exact) mass is 528 g/mol. The van der Waals surface area contributed by atoms with Crippen LogP contribution in [0.15, 0.2) is 30.3 Å². The number of hydrogen-bond donors (Lipinski definition) is 0. The first-order chi connectivity index (χ1) is 12.7. The molecule has 1 aromatic carbocycles. The van der Waals surface area contributed by atoms with Gasteiger partial charge in [-0.05, 0) is 0 Å². The first-order valence-electron chi connectivity index (χ1n) is 11.5. The van der Waals surface area contributed by atoms with Crippen LogP contribution in [0.1, 0.15) is 96.3 Å². The minimum atomic E-state index is -2.75. The van der Waals surface area contributed by atoms with Crippen molar-refractivity contribution in [2.45, 2.75) is 110 Å². The fraction of sp³-hybridized carbons (Fsp3) is 0.750. The molecule has 4 rings (SSSR count). The Kier molecular flexibility index (Phi) is 6.46. The molecule has 1 aromatic rings. The summed E-state index contributed by atoms with van der Waals surface area (Å²) in [6.07, 6.45) is 22.9. The van der Waals surface area contributed by atoms with E-state index in [4.69, 9.17) is 0 Å². The Bertz CT molecular complexity index is 517. The van der Waals surface area contributed by atoms with Crippen molar-refractivity contribution < 1.29 is 0 Å². The van der Waals surface area contributed by atoms with Crippen LogP contribution in [0.4, 0.5) is 0 Å². The van der Waals surface area contributed by atoms with Gasteiger partial charge in [0.05, 0.1) is 0 Å². The van der Waals surface area contributed by atoms with Crippen LogP contribution in [0, 0.1) is 0 Å². The number of rotatable bonds is 4. The Balaban J connectivity index is 1.88. The maximum atomic E-state index is 3.31. The van der Waals surface area contributed by atoms with Gasteiger partial charge >= 0.3 is 174 Å². The second kappa shape index (κ2) is 8.48. The van der Waals surface area contributed by atoms with Gasteiger partial charge in [-0.15, -0.1) is 0 Å². The first kappa shape index (κ1) is 19.8. The molecule has 3 aliphatic rings. The van der Waals surface area contributed by atoms with Crippen molar-refractivity contribution in [3.05, 3.63) is 30.3 Å². The molecule has 0 heterocycles. The standard InChI is InChI=1S/C24H38AsI/c26-25(21-13-5-1-6-14-21,22-15-7-2-8-16-22,23-17-9-3-10-18-23)24-19-11-4-12-20-24/h1,5-6,13-14,22-24H,2-4,7-12,15-20H2. The molecule has 0 bridgehead atoms. The Morgan fingerprint density at radius 1 is 0.538 bits per heavy atom. The molecule has 0 spiro atoms. The van der Waals surface area contributed by atoms with Gasteiger partial charge in [0.25, 0.3) is 0 Å². The van der Waals surface area contributed by atoms with E-state index in [-0.39, 0.29) is 0 Å². The van der Waals surface area contributed by atoms with Crippen molar-refractivity contribution in [3.8, 4) is 0 Å². The minimum absolute atomic E-state index is 1.07. The molecule has 0 saturated heterocycles. The van der Waals surface area contributed by atoms with Crippen LogP contribution < -0.4 is 4.35 Å². The fourth-order valence-electron chi connectivity index (χ4n) is 7.09. The van der Waals surface area contributed by atoms with Gasteiger partial charge in [0.15, 0.2) is 0 Å². The SMILES string of the molecule is I[As](c1ccccc1)(C1CCCCC1)(C1CCCCC1)C1CCCCC1. The summed E-state index contributed by atoms with van der Waals surface area (Å²) in [6, 6.07) is 12.2. The van der Waals surface area contributed by atoms with Crippen molar-refractivity contribution in [2.75, 3.05) is 0 Å². The molecule has 0 nitrogen and oxygen atoms in total. The van der Waals surface area contributed by atoms with Gasteiger partial charge in [0.2, 0.25) is 0 Å². The topological polar surface area (TPSA) is 0 Å². The van der Waals surface area contributed by atoms with E-state index in [1.165, 1.54) is 57.8 Å². The predicted molar refractivity (Wildman–Crippen MR) is 126 cm³/mol. The van der Waals surface area contributed by atoms with E-state index in [1.807, 2.05) is 4.35 Å². The van der Waals surface area contributed by atoms with E-state index >= 15 is 0 Å². The average Bonchev–Trinajstić information content (AvgIpc) is 2.76. The molecule has 3 saturated carbocycles. The van der Waals surface area contributed by atoms with Crippen molar-refractivity contribution >= 4 is 33.6 Å². The van der Waals surface area contributed by atoms with Crippen molar-refractivity contribution in [1.29, 1.82) is 0 Å². The third kappa shape index (κ3) is 3.25. The van der Waals surface area contributed by atoms with Gasteiger partial charge < -0.3 is 0 Å². The number of benzene rings is 1. The molecular weight excluding hydrogens is 490 g/mol. The second-order valence-electron chi connectivity index (χ2n) is 9.42. The van der Waals surface area contributed by atoms with Crippen LogP contribution in [0.5, 0.6) is 0 Å². The maximum absolute atomic E-state index is 3.31. The van der Waals surface area contributed by atoms with E-state index in [9.17, 15) is 0 Å². The summed E-state index contributed by atoms with van der Waals surface area (Å²) in [5.74, 6) is 0. The van der Waals surface area contributed by atoms with E-state index in [1.54, 1.807) is 38.5 Å². The van der Waals surface area contributed by atoms with Crippen molar-refractivity contribution in [3.63, 3.8) is 0 Å². The molecule has 0 aliphatic heterocycles. The van der Waals surface area contributed by atoms with E-state index < -0.39 is 9.10 Å². The number of halogens is 1. The Morgan fingerprint density at radius 2 is 0.885 bits per heavy atom. The number of hydrogen-bond acceptors (Lipinski definition) is 0. The summed E-state index contributed by atoms with van der Waals surface area (Å²) in [5, 5.41) is 0. The summed E-state index contributed by atoms with van der Waals surface area (Å²) >= 11 is 3.31. The summed E-state index contributed by atoms with van der Waals surface area (Å²) in [7, 11) is -2.75. The molecule has 0 radical (unpaired) electrons. The van der Waals surface area contributed by atoms with Crippen LogP contribution in [-0.4, -0.2) is 9.10 Å². The molecule has 0 unspecified atom stereocenters. The fourth-order valence-corrected chi connectivity index (χ4v) is 34.4. The van der Waals surface area contributed by atoms with Gasteiger partial charge in [0.1, 0.15) is 0 Å². The Hall–Kier alpha value is 0.508. The average molecular weight is 528 g/mol. The van der Waals surface area contributed by atoms with Crippen LogP contribution in [0.3, 0.4) is 0 Å². The van der Waals surface area contributed by atoms with Gasteiger partial charge in [-0.1, -0.05) is 0 Å². The van der Waals surface area contributed by atoms with Crippen LogP contribution in [0.25, 0.3) is 0 Å². The van der Waals surface area contributed by atoms with Crippen LogP contribution >= 0.6 is 20.1 Å². The zero-order valence-corrected chi connectivity index (χ0v) is 20.6. The molecule has 26 heavy (non-hydrogen) atoms. The zero-order valence-electron chi connectivity index (χ0n) is 16.6. The quantitative estimate of drug-likeness (QED) is 0.273. The van der Waals surface area contributed by atoms with Gasteiger partial charge in [-0.2, -0.15) is 0 Å². The van der Waals surface area contributed by atoms with Crippen LogP contribution in [-0.2, 0) is 0 Å². The Labute approximate surface area is 173 Å². The molecule has 0 amide bonds. The molecule has 3 fully saturated rings. The normalized spacial score (nSPS) is 26.3. The summed E-state index contributed by atoms with van der Waals surface area (Å²) in [4.78, 5) is 0. The zero-order chi connectivity index (χ0) is 17.9. The Morgan fingerprint density at radius 3 is 1.23 bits per heavy atom. The van der Waals surface area contributed by atoms with E-state index in [0.29, 0.717) is 0 Å². The summed E-state index contributed by atoms with van der Waals surface area (Å²) in [5.41, 5.74) is 0. The van der Waals surface area contributed by atoms with E-state index in [2.05, 4.69) is 50.5 Å². The summed E-state index contributed by atoms with van der Waals surface area (Å²) in [6.45, 7) is 0. The van der Waals surface area contributed by atoms with Crippen molar-refractivity contribution in [2.24, 2.45) is 0 Å². The van der Waals surface area contributed by atoms with Gasteiger partial charge in [-0.25, -0.2) is 0 Å². The van der Waals surface area contributed by atoms with Crippen LogP contribution in [0.2, 0.25) is 14.1 Å². The van der Waals surface area contributed by atoms with E-state index in [0.717, 1.165) is 14.1 Å².